The number of aromatic nitrogens is 3. The first-order valence-corrected chi connectivity index (χ1v) is 7.64. The fourth-order valence-electron chi connectivity index (χ4n) is 2.25. The average Bonchev–Trinajstić information content (AvgIpc) is 2.70. The first-order valence-electron chi connectivity index (χ1n) is 6.65. The topological polar surface area (TPSA) is 85.8 Å². The predicted octanol–water partition coefficient (Wildman–Crippen LogP) is 1.09. The highest BCUT2D eigenvalue weighted by molar-refractivity contribution is 7.99. The van der Waals surface area contributed by atoms with Crippen molar-refractivity contribution in [2.45, 2.75) is 50.7 Å². The van der Waals surface area contributed by atoms with Gasteiger partial charge in [0.25, 0.3) is 0 Å². The zero-order valence-corrected chi connectivity index (χ0v) is 12.2. The highest BCUT2D eigenvalue weighted by Gasteiger charge is 2.20. The summed E-state index contributed by atoms with van der Waals surface area (Å²) >= 11 is 1.32. The molecule has 1 fully saturated rings. The molecule has 0 aromatic carbocycles. The number of nitrogens with one attached hydrogen (secondary N) is 1. The van der Waals surface area contributed by atoms with Crippen LogP contribution in [0.2, 0.25) is 0 Å². The highest BCUT2D eigenvalue weighted by atomic mass is 32.2. The van der Waals surface area contributed by atoms with E-state index in [1.54, 1.807) is 6.92 Å². The molecule has 2 rings (SSSR count). The summed E-state index contributed by atoms with van der Waals surface area (Å²) in [6.45, 7) is 4.05. The maximum Gasteiger partial charge on any atom is 0.230 e. The van der Waals surface area contributed by atoms with Crippen LogP contribution in [0.15, 0.2) is 5.16 Å². The molecule has 7 heteroatoms. The van der Waals surface area contributed by atoms with Gasteiger partial charge in [-0.05, 0) is 38.5 Å². The fraction of sp³-hybridized carbons (Fsp3) is 0.750. The van der Waals surface area contributed by atoms with Crippen molar-refractivity contribution in [2.24, 2.45) is 5.92 Å². The molecule has 1 saturated carbocycles. The lowest BCUT2D eigenvalue weighted by Gasteiger charge is -2.26. The van der Waals surface area contributed by atoms with Crippen LogP contribution >= 0.6 is 11.8 Å². The Bertz CT molecular complexity index is 439. The molecule has 1 heterocycles. The van der Waals surface area contributed by atoms with Crippen LogP contribution in [0, 0.1) is 12.8 Å². The number of aryl methyl sites for hydroxylation is 1. The number of rotatable bonds is 4. The Labute approximate surface area is 117 Å². The molecular weight excluding hydrogens is 262 g/mol. The average molecular weight is 283 g/mol. The summed E-state index contributed by atoms with van der Waals surface area (Å²) in [6.07, 6.45) is 4.58. The van der Waals surface area contributed by atoms with Crippen LogP contribution in [0.3, 0.4) is 0 Å². The largest absolute Gasteiger partial charge is 0.353 e. The number of nitrogen functional groups attached to an aromatic ring is 1. The SMILES string of the molecule is Cc1nnc(SCC(=O)NC2CCC(C)CC2)n1N. The Balaban J connectivity index is 1.74. The monoisotopic (exact) mass is 283 g/mol. The Kier molecular flexibility index (Phi) is 4.68. The Morgan fingerprint density at radius 2 is 2.11 bits per heavy atom. The van der Waals surface area contributed by atoms with E-state index in [1.165, 1.54) is 29.3 Å². The molecule has 3 N–H and O–H groups in total. The van der Waals surface area contributed by atoms with Crippen LogP contribution in [0.5, 0.6) is 0 Å². The Hall–Kier alpha value is -1.24. The van der Waals surface area contributed by atoms with E-state index in [-0.39, 0.29) is 5.91 Å². The zero-order valence-electron chi connectivity index (χ0n) is 11.4. The first kappa shape index (κ1) is 14.2. The second kappa shape index (κ2) is 6.27. The van der Waals surface area contributed by atoms with E-state index in [0.717, 1.165) is 18.8 Å². The smallest absolute Gasteiger partial charge is 0.230 e. The summed E-state index contributed by atoms with van der Waals surface area (Å²) in [5, 5.41) is 11.4. The highest BCUT2D eigenvalue weighted by Crippen LogP contribution is 2.23. The molecule has 19 heavy (non-hydrogen) atoms. The van der Waals surface area contributed by atoms with Crippen LogP contribution in [-0.4, -0.2) is 32.6 Å². The molecule has 106 valence electrons. The van der Waals surface area contributed by atoms with Crippen molar-refractivity contribution >= 4 is 17.7 Å². The second-order valence-corrected chi connectivity index (χ2v) is 6.16. The first-order chi connectivity index (χ1) is 9.06. The van der Waals surface area contributed by atoms with E-state index in [0.29, 0.717) is 22.8 Å². The minimum atomic E-state index is 0.0465. The molecule has 1 aliphatic carbocycles. The van der Waals surface area contributed by atoms with E-state index < -0.39 is 0 Å². The standard InChI is InChI=1S/C12H21N5OS/c1-8-3-5-10(6-4-8)14-11(18)7-19-12-16-15-9(2)17(12)13/h8,10H,3-7,13H2,1-2H3,(H,14,18). The van der Waals surface area contributed by atoms with Gasteiger partial charge in [-0.15, -0.1) is 10.2 Å². The summed E-state index contributed by atoms with van der Waals surface area (Å²) in [6, 6.07) is 0.335. The van der Waals surface area contributed by atoms with Crippen LogP contribution < -0.4 is 11.2 Å². The lowest BCUT2D eigenvalue weighted by Crippen LogP contribution is -2.38. The van der Waals surface area contributed by atoms with Crippen molar-refractivity contribution in [3.05, 3.63) is 5.82 Å². The minimum Gasteiger partial charge on any atom is -0.353 e. The van der Waals surface area contributed by atoms with Gasteiger partial charge in [-0.1, -0.05) is 18.7 Å². The maximum absolute atomic E-state index is 11.9. The number of hydrogen-bond acceptors (Lipinski definition) is 5. The Morgan fingerprint density at radius 1 is 1.42 bits per heavy atom. The third-order valence-electron chi connectivity index (χ3n) is 3.55. The van der Waals surface area contributed by atoms with Gasteiger partial charge in [0, 0.05) is 6.04 Å². The summed E-state index contributed by atoms with van der Waals surface area (Å²) in [4.78, 5) is 11.9. The second-order valence-electron chi connectivity index (χ2n) is 5.21. The van der Waals surface area contributed by atoms with Gasteiger partial charge in [0.05, 0.1) is 5.75 Å². The summed E-state index contributed by atoms with van der Waals surface area (Å²) < 4.78 is 1.40. The predicted molar refractivity (Wildman–Crippen MR) is 75.2 cm³/mol. The molecule has 0 radical (unpaired) electrons. The maximum atomic E-state index is 11.9. The van der Waals surface area contributed by atoms with Gasteiger partial charge in [0.2, 0.25) is 11.1 Å². The van der Waals surface area contributed by atoms with E-state index in [2.05, 4.69) is 22.4 Å². The number of carbonyl (C=O) groups is 1. The summed E-state index contributed by atoms with van der Waals surface area (Å²) in [5.74, 6) is 7.54. The van der Waals surface area contributed by atoms with Gasteiger partial charge < -0.3 is 11.2 Å². The molecular formula is C12H21N5OS. The minimum absolute atomic E-state index is 0.0465. The molecule has 6 nitrogen and oxygen atoms in total. The van der Waals surface area contributed by atoms with Crippen molar-refractivity contribution < 1.29 is 4.79 Å². The molecule has 0 saturated heterocycles. The molecule has 1 aromatic rings. The van der Waals surface area contributed by atoms with Crippen molar-refractivity contribution in [3.8, 4) is 0 Å². The molecule has 0 aliphatic heterocycles. The molecule has 0 unspecified atom stereocenters. The van der Waals surface area contributed by atoms with Crippen molar-refractivity contribution in [1.29, 1.82) is 0 Å². The lowest BCUT2D eigenvalue weighted by atomic mass is 9.87. The van der Waals surface area contributed by atoms with Crippen LogP contribution in [0.1, 0.15) is 38.4 Å². The van der Waals surface area contributed by atoms with Crippen LogP contribution in [-0.2, 0) is 4.79 Å². The number of thioether (sulfide) groups is 1. The third-order valence-corrected chi connectivity index (χ3v) is 4.49. The van der Waals surface area contributed by atoms with Gasteiger partial charge in [0.1, 0.15) is 5.82 Å². The molecule has 1 aliphatic rings. The summed E-state index contributed by atoms with van der Waals surface area (Å²) in [5.41, 5.74) is 0. The molecule has 0 spiro atoms. The Morgan fingerprint density at radius 3 is 2.68 bits per heavy atom. The van der Waals surface area contributed by atoms with Gasteiger partial charge in [-0.2, -0.15) is 0 Å². The fourth-order valence-corrected chi connectivity index (χ4v) is 2.97. The molecule has 0 bridgehead atoms. The summed E-state index contributed by atoms with van der Waals surface area (Å²) in [7, 11) is 0. The van der Waals surface area contributed by atoms with Gasteiger partial charge in [-0.3, -0.25) is 4.79 Å². The van der Waals surface area contributed by atoms with Crippen molar-refractivity contribution in [3.63, 3.8) is 0 Å². The lowest BCUT2D eigenvalue weighted by molar-refractivity contribution is -0.119. The number of nitrogens with two attached hydrogens (primary N) is 1. The van der Waals surface area contributed by atoms with Crippen molar-refractivity contribution in [2.75, 3.05) is 11.6 Å². The number of amides is 1. The van der Waals surface area contributed by atoms with Crippen LogP contribution in [0.25, 0.3) is 0 Å². The normalized spacial score (nSPS) is 23.3. The van der Waals surface area contributed by atoms with E-state index in [9.17, 15) is 4.79 Å². The van der Waals surface area contributed by atoms with Crippen molar-refractivity contribution in [1.82, 2.24) is 20.2 Å². The zero-order chi connectivity index (χ0) is 13.8. The number of nitrogens with zero attached hydrogens (tertiary/aromatic N) is 3. The number of carbonyl (C=O) groups excluding carboxylic acids is 1. The number of hydrogen-bond donors (Lipinski definition) is 2. The quantitative estimate of drug-likeness (QED) is 0.638. The molecule has 1 aromatic heterocycles. The molecule has 0 atom stereocenters. The van der Waals surface area contributed by atoms with Gasteiger partial charge >= 0.3 is 0 Å². The van der Waals surface area contributed by atoms with E-state index >= 15 is 0 Å². The van der Waals surface area contributed by atoms with Gasteiger partial charge in [-0.25, -0.2) is 4.68 Å². The van der Waals surface area contributed by atoms with E-state index in [1.807, 2.05) is 0 Å². The van der Waals surface area contributed by atoms with Gasteiger partial charge in [0.15, 0.2) is 0 Å². The van der Waals surface area contributed by atoms with E-state index in [4.69, 9.17) is 5.84 Å². The van der Waals surface area contributed by atoms with Crippen LogP contribution in [0.4, 0.5) is 0 Å². The molecule has 1 amide bonds. The third kappa shape index (κ3) is 3.86.